The highest BCUT2D eigenvalue weighted by Crippen LogP contribution is 2.29. The predicted octanol–water partition coefficient (Wildman–Crippen LogP) is 2.43. The Morgan fingerprint density at radius 1 is 1.65 bits per heavy atom. The molecular formula is C13H13NO3. The summed E-state index contributed by atoms with van der Waals surface area (Å²) in [6.07, 6.45) is 1.04. The first-order valence-corrected chi connectivity index (χ1v) is 5.58. The van der Waals surface area contributed by atoms with Crippen LogP contribution in [0.5, 0.6) is 5.75 Å². The molecule has 1 aromatic carbocycles. The van der Waals surface area contributed by atoms with Crippen LogP contribution in [0.15, 0.2) is 18.2 Å². The Hall–Kier alpha value is -2.02. The molecule has 0 aliphatic carbocycles. The van der Waals surface area contributed by atoms with E-state index >= 15 is 0 Å². The summed E-state index contributed by atoms with van der Waals surface area (Å²) in [5.74, 6) is 0.382. The van der Waals surface area contributed by atoms with Crippen molar-refractivity contribution in [2.24, 2.45) is 0 Å². The zero-order chi connectivity index (χ0) is 12.3. The summed E-state index contributed by atoms with van der Waals surface area (Å²) in [5, 5.41) is 0. The number of fused-ring (bicyclic) bond motifs is 1. The van der Waals surface area contributed by atoms with Crippen LogP contribution >= 0.6 is 0 Å². The standard InChI is InChI=1S/C13H13NO3/c1-3-16-13(15)10-4-6-11-9(8-10)5-7-12(14-2)17-11/h4,6,8,12H,3,5,7H2,1H3. The second-order valence-corrected chi connectivity index (χ2v) is 3.78. The molecule has 0 amide bonds. The number of hydrogen-bond donors (Lipinski definition) is 0. The zero-order valence-corrected chi connectivity index (χ0v) is 9.60. The van der Waals surface area contributed by atoms with Crippen LogP contribution in [0.2, 0.25) is 0 Å². The normalized spacial score (nSPS) is 17.5. The molecule has 4 heteroatoms. The molecule has 1 aliphatic rings. The predicted molar refractivity (Wildman–Crippen MR) is 61.7 cm³/mol. The Balaban J connectivity index is 2.22. The van der Waals surface area contributed by atoms with Crippen molar-refractivity contribution in [3.05, 3.63) is 40.7 Å². The lowest BCUT2D eigenvalue weighted by molar-refractivity contribution is 0.0526. The topological polar surface area (TPSA) is 39.9 Å². The first-order valence-electron chi connectivity index (χ1n) is 5.58. The summed E-state index contributed by atoms with van der Waals surface area (Å²) in [7, 11) is 0. The van der Waals surface area contributed by atoms with Gasteiger partial charge in [0.15, 0.2) is 0 Å². The van der Waals surface area contributed by atoms with Crippen LogP contribution in [-0.4, -0.2) is 18.8 Å². The van der Waals surface area contributed by atoms with Crippen LogP contribution in [0.3, 0.4) is 0 Å². The second-order valence-electron chi connectivity index (χ2n) is 3.78. The Kier molecular flexibility index (Phi) is 3.29. The summed E-state index contributed by atoms with van der Waals surface area (Å²) >= 11 is 0. The van der Waals surface area contributed by atoms with E-state index in [0.717, 1.165) is 12.0 Å². The molecule has 0 N–H and O–H groups in total. The quantitative estimate of drug-likeness (QED) is 0.579. The average Bonchev–Trinajstić information content (AvgIpc) is 2.37. The third kappa shape index (κ3) is 2.39. The van der Waals surface area contributed by atoms with Crippen molar-refractivity contribution in [2.45, 2.75) is 26.0 Å². The SMILES string of the molecule is [C-]#[N+]C1CCc2cc(C(=O)OCC)ccc2O1. The van der Waals surface area contributed by atoms with Gasteiger partial charge in [0.05, 0.1) is 18.6 Å². The maximum absolute atomic E-state index is 11.5. The van der Waals surface area contributed by atoms with Gasteiger partial charge >= 0.3 is 12.2 Å². The fourth-order valence-electron chi connectivity index (χ4n) is 1.81. The van der Waals surface area contributed by atoms with E-state index in [1.807, 2.05) is 0 Å². The molecule has 17 heavy (non-hydrogen) atoms. The number of nitrogens with zero attached hydrogens (tertiary/aromatic N) is 1. The van der Waals surface area contributed by atoms with E-state index in [1.165, 1.54) is 0 Å². The molecule has 88 valence electrons. The number of esters is 1. The molecule has 0 spiro atoms. The molecule has 0 aromatic heterocycles. The fraction of sp³-hybridized carbons (Fsp3) is 0.385. The highest BCUT2D eigenvalue weighted by molar-refractivity contribution is 5.89. The number of aryl methyl sites for hydroxylation is 1. The van der Waals surface area contributed by atoms with Crippen LogP contribution in [0.4, 0.5) is 0 Å². The van der Waals surface area contributed by atoms with Crippen molar-refractivity contribution in [2.75, 3.05) is 6.61 Å². The molecule has 0 fully saturated rings. The van der Waals surface area contributed by atoms with E-state index in [-0.39, 0.29) is 5.97 Å². The van der Waals surface area contributed by atoms with Gasteiger partial charge in [0.2, 0.25) is 0 Å². The van der Waals surface area contributed by atoms with Crippen molar-refractivity contribution in [1.29, 1.82) is 0 Å². The van der Waals surface area contributed by atoms with E-state index in [1.54, 1.807) is 25.1 Å². The van der Waals surface area contributed by atoms with Crippen molar-refractivity contribution in [1.82, 2.24) is 0 Å². The van der Waals surface area contributed by atoms with Crippen molar-refractivity contribution < 1.29 is 14.3 Å². The number of hydrogen-bond acceptors (Lipinski definition) is 3. The van der Waals surface area contributed by atoms with Gasteiger partial charge in [0.25, 0.3) is 0 Å². The van der Waals surface area contributed by atoms with E-state index in [2.05, 4.69) is 4.85 Å². The summed E-state index contributed by atoms with van der Waals surface area (Å²) in [4.78, 5) is 14.9. The molecule has 0 saturated heterocycles. The first kappa shape index (κ1) is 11.5. The van der Waals surface area contributed by atoms with Crippen LogP contribution < -0.4 is 4.74 Å². The molecule has 1 atom stereocenters. The van der Waals surface area contributed by atoms with Gasteiger partial charge in [-0.15, -0.1) is 0 Å². The average molecular weight is 231 g/mol. The largest absolute Gasteiger partial charge is 0.462 e. The zero-order valence-electron chi connectivity index (χ0n) is 9.60. The molecule has 1 aliphatic heterocycles. The van der Waals surface area contributed by atoms with Gasteiger partial charge in [0.1, 0.15) is 5.75 Å². The van der Waals surface area contributed by atoms with Gasteiger partial charge in [0, 0.05) is 0 Å². The Bertz CT molecular complexity index is 476. The highest BCUT2D eigenvalue weighted by atomic mass is 16.5. The molecule has 0 radical (unpaired) electrons. The van der Waals surface area contributed by atoms with Crippen molar-refractivity contribution >= 4 is 5.97 Å². The lowest BCUT2D eigenvalue weighted by Gasteiger charge is -2.18. The Morgan fingerprint density at radius 3 is 3.18 bits per heavy atom. The van der Waals surface area contributed by atoms with Gasteiger partial charge in [-0.2, -0.15) is 0 Å². The summed E-state index contributed by atoms with van der Waals surface area (Å²) < 4.78 is 10.4. The summed E-state index contributed by atoms with van der Waals surface area (Å²) in [6.45, 7) is 9.07. The molecule has 2 rings (SSSR count). The minimum atomic E-state index is -0.393. The van der Waals surface area contributed by atoms with E-state index in [0.29, 0.717) is 24.3 Å². The number of benzene rings is 1. The van der Waals surface area contributed by atoms with E-state index in [9.17, 15) is 4.79 Å². The molecule has 1 heterocycles. The molecule has 0 saturated carbocycles. The minimum Gasteiger partial charge on any atom is -0.462 e. The van der Waals surface area contributed by atoms with Gasteiger partial charge in [-0.25, -0.2) is 11.4 Å². The van der Waals surface area contributed by atoms with Gasteiger partial charge in [-0.1, -0.05) is 0 Å². The van der Waals surface area contributed by atoms with Gasteiger partial charge in [-0.3, -0.25) is 4.85 Å². The third-order valence-corrected chi connectivity index (χ3v) is 2.64. The van der Waals surface area contributed by atoms with Crippen LogP contribution in [0, 0.1) is 6.57 Å². The maximum atomic E-state index is 11.5. The molecule has 0 bridgehead atoms. The first-order chi connectivity index (χ1) is 8.24. The molecule has 1 unspecified atom stereocenters. The van der Waals surface area contributed by atoms with Crippen molar-refractivity contribution in [3.8, 4) is 5.75 Å². The Labute approximate surface area is 100.0 Å². The monoisotopic (exact) mass is 231 g/mol. The lowest BCUT2D eigenvalue weighted by atomic mass is 10.0. The lowest BCUT2D eigenvalue weighted by Crippen LogP contribution is -2.19. The van der Waals surface area contributed by atoms with Crippen LogP contribution in [0.1, 0.15) is 29.3 Å². The number of ether oxygens (including phenoxy) is 2. The van der Waals surface area contributed by atoms with Gasteiger partial charge < -0.3 is 9.47 Å². The summed E-state index contributed by atoms with van der Waals surface area (Å²) in [6, 6.07) is 5.19. The number of carbonyl (C=O) groups is 1. The van der Waals surface area contributed by atoms with Crippen LogP contribution in [0.25, 0.3) is 4.85 Å². The summed E-state index contributed by atoms with van der Waals surface area (Å²) in [5.41, 5.74) is 1.51. The molecular weight excluding hydrogens is 218 g/mol. The number of rotatable bonds is 2. The smallest absolute Gasteiger partial charge is 0.366 e. The van der Waals surface area contributed by atoms with E-state index < -0.39 is 6.23 Å². The second kappa shape index (κ2) is 4.88. The number of carbonyl (C=O) groups excluding carboxylic acids is 1. The fourth-order valence-corrected chi connectivity index (χ4v) is 1.81. The minimum absolute atomic E-state index is 0.317. The molecule has 1 aromatic rings. The highest BCUT2D eigenvalue weighted by Gasteiger charge is 2.23. The van der Waals surface area contributed by atoms with E-state index in [4.69, 9.17) is 16.0 Å². The Morgan fingerprint density at radius 2 is 2.47 bits per heavy atom. The van der Waals surface area contributed by atoms with Gasteiger partial charge in [-0.05, 0) is 37.1 Å². The molecule has 4 nitrogen and oxygen atoms in total. The third-order valence-electron chi connectivity index (χ3n) is 2.64. The maximum Gasteiger partial charge on any atom is 0.366 e. The van der Waals surface area contributed by atoms with Crippen LogP contribution in [-0.2, 0) is 11.2 Å². The van der Waals surface area contributed by atoms with Crippen molar-refractivity contribution in [3.63, 3.8) is 0 Å².